The Hall–Kier alpha value is -2.14. The molecule has 1 aliphatic rings. The molecule has 1 aliphatic carbocycles. The fourth-order valence-corrected chi connectivity index (χ4v) is 3.87. The van der Waals surface area contributed by atoms with Crippen LogP contribution in [0.4, 0.5) is 5.69 Å². The molecule has 1 aromatic carbocycles. The van der Waals surface area contributed by atoms with Crippen LogP contribution in [0.2, 0.25) is 0 Å². The van der Waals surface area contributed by atoms with Gasteiger partial charge in [-0.2, -0.15) is 0 Å². The molecule has 0 aliphatic heterocycles. The SMILES string of the molecule is CC(C)C(NC(=O)c1cccc(NC(=O)C2CC2C)c1)c1cccs1. The van der Waals surface area contributed by atoms with Crippen molar-refractivity contribution >= 4 is 28.8 Å². The molecule has 25 heavy (non-hydrogen) atoms. The number of carbonyl (C=O) groups excluding carboxylic acids is 2. The van der Waals surface area contributed by atoms with Crippen molar-refractivity contribution in [2.45, 2.75) is 33.2 Å². The van der Waals surface area contributed by atoms with E-state index in [0.29, 0.717) is 23.1 Å². The number of carbonyl (C=O) groups is 2. The zero-order chi connectivity index (χ0) is 18.0. The van der Waals surface area contributed by atoms with Crippen molar-refractivity contribution in [3.05, 3.63) is 52.2 Å². The Kier molecular flexibility index (Phi) is 5.23. The minimum atomic E-state index is -0.122. The fourth-order valence-electron chi connectivity index (χ4n) is 2.92. The van der Waals surface area contributed by atoms with Crippen LogP contribution in [0.5, 0.6) is 0 Å². The number of amides is 2. The topological polar surface area (TPSA) is 58.2 Å². The molecule has 1 fully saturated rings. The Morgan fingerprint density at radius 3 is 2.56 bits per heavy atom. The summed E-state index contributed by atoms with van der Waals surface area (Å²) in [5.41, 5.74) is 1.23. The van der Waals surface area contributed by atoms with Crippen molar-refractivity contribution in [3.8, 4) is 0 Å². The van der Waals surface area contributed by atoms with Crippen molar-refractivity contribution in [2.75, 3.05) is 5.32 Å². The number of nitrogens with one attached hydrogen (secondary N) is 2. The van der Waals surface area contributed by atoms with Gasteiger partial charge in [0.05, 0.1) is 6.04 Å². The van der Waals surface area contributed by atoms with Gasteiger partial charge in [-0.05, 0) is 47.9 Å². The van der Waals surface area contributed by atoms with Crippen LogP contribution in [0.3, 0.4) is 0 Å². The van der Waals surface area contributed by atoms with Crippen LogP contribution in [-0.2, 0) is 4.79 Å². The van der Waals surface area contributed by atoms with E-state index >= 15 is 0 Å². The van der Waals surface area contributed by atoms with E-state index in [1.54, 1.807) is 29.5 Å². The first-order valence-electron chi connectivity index (χ1n) is 8.71. The summed E-state index contributed by atoms with van der Waals surface area (Å²) in [7, 11) is 0. The molecule has 3 unspecified atom stereocenters. The third kappa shape index (κ3) is 4.28. The molecule has 1 saturated carbocycles. The maximum Gasteiger partial charge on any atom is 0.251 e. The normalized spacial score (nSPS) is 20.2. The molecule has 5 heteroatoms. The lowest BCUT2D eigenvalue weighted by Gasteiger charge is -2.21. The van der Waals surface area contributed by atoms with Gasteiger partial charge in [-0.3, -0.25) is 9.59 Å². The summed E-state index contributed by atoms with van der Waals surface area (Å²) < 4.78 is 0. The predicted octanol–water partition coefficient (Wildman–Crippen LogP) is 4.47. The number of hydrogen-bond donors (Lipinski definition) is 2. The Bertz CT molecular complexity index is 755. The predicted molar refractivity (Wildman–Crippen MR) is 102 cm³/mol. The Morgan fingerprint density at radius 2 is 1.96 bits per heavy atom. The van der Waals surface area contributed by atoms with Crippen LogP contribution >= 0.6 is 11.3 Å². The number of thiophene rings is 1. The molecule has 1 aromatic heterocycles. The molecule has 0 spiro atoms. The van der Waals surface area contributed by atoms with E-state index in [-0.39, 0.29) is 23.8 Å². The van der Waals surface area contributed by atoms with Crippen LogP contribution in [0, 0.1) is 17.8 Å². The number of rotatable bonds is 6. The summed E-state index contributed by atoms with van der Waals surface area (Å²) in [4.78, 5) is 25.9. The first-order chi connectivity index (χ1) is 12.0. The van der Waals surface area contributed by atoms with Crippen molar-refractivity contribution in [2.24, 2.45) is 17.8 Å². The highest BCUT2D eigenvalue weighted by Crippen LogP contribution is 2.38. The van der Waals surface area contributed by atoms with E-state index in [0.717, 1.165) is 11.3 Å². The minimum absolute atomic E-state index is 0.0157. The van der Waals surface area contributed by atoms with E-state index in [1.165, 1.54) is 0 Å². The van der Waals surface area contributed by atoms with E-state index < -0.39 is 0 Å². The third-order valence-corrected chi connectivity index (χ3v) is 5.60. The molecule has 132 valence electrons. The molecule has 0 saturated heterocycles. The quantitative estimate of drug-likeness (QED) is 0.802. The van der Waals surface area contributed by atoms with Crippen molar-refractivity contribution in [3.63, 3.8) is 0 Å². The van der Waals surface area contributed by atoms with Crippen LogP contribution in [0.1, 0.15) is 48.5 Å². The van der Waals surface area contributed by atoms with Crippen LogP contribution in [-0.4, -0.2) is 11.8 Å². The summed E-state index contributed by atoms with van der Waals surface area (Å²) >= 11 is 1.65. The maximum absolute atomic E-state index is 12.7. The Balaban J connectivity index is 1.69. The summed E-state index contributed by atoms with van der Waals surface area (Å²) in [6.07, 6.45) is 0.947. The van der Waals surface area contributed by atoms with E-state index in [2.05, 4.69) is 31.4 Å². The summed E-state index contributed by atoms with van der Waals surface area (Å²) in [5.74, 6) is 0.791. The molecular weight excluding hydrogens is 332 g/mol. The monoisotopic (exact) mass is 356 g/mol. The van der Waals surface area contributed by atoms with Crippen LogP contribution in [0.15, 0.2) is 41.8 Å². The van der Waals surface area contributed by atoms with E-state index in [4.69, 9.17) is 0 Å². The molecule has 1 heterocycles. The summed E-state index contributed by atoms with van der Waals surface area (Å²) in [6.45, 7) is 6.26. The molecule has 2 N–H and O–H groups in total. The third-order valence-electron chi connectivity index (χ3n) is 4.64. The highest BCUT2D eigenvalue weighted by Gasteiger charge is 2.39. The lowest BCUT2D eigenvalue weighted by atomic mass is 10.0. The van der Waals surface area contributed by atoms with Crippen molar-refractivity contribution < 1.29 is 9.59 Å². The Labute approximate surface area is 152 Å². The molecular formula is C20H24N2O2S. The molecule has 2 aromatic rings. The summed E-state index contributed by atoms with van der Waals surface area (Å²) in [6, 6.07) is 11.2. The lowest BCUT2D eigenvalue weighted by molar-refractivity contribution is -0.117. The van der Waals surface area contributed by atoms with E-state index in [1.807, 2.05) is 23.6 Å². The van der Waals surface area contributed by atoms with Gasteiger partial charge in [0.1, 0.15) is 0 Å². The summed E-state index contributed by atoms with van der Waals surface area (Å²) in [5, 5.41) is 8.05. The van der Waals surface area contributed by atoms with Gasteiger partial charge in [-0.1, -0.05) is 32.9 Å². The molecule has 0 bridgehead atoms. The number of benzene rings is 1. The van der Waals surface area contributed by atoms with E-state index in [9.17, 15) is 9.59 Å². The Morgan fingerprint density at radius 1 is 1.20 bits per heavy atom. The molecule has 3 rings (SSSR count). The highest BCUT2D eigenvalue weighted by molar-refractivity contribution is 7.10. The zero-order valence-corrected chi connectivity index (χ0v) is 15.6. The van der Waals surface area contributed by atoms with Crippen molar-refractivity contribution in [1.82, 2.24) is 5.32 Å². The number of anilines is 1. The number of hydrogen-bond acceptors (Lipinski definition) is 3. The highest BCUT2D eigenvalue weighted by atomic mass is 32.1. The largest absolute Gasteiger partial charge is 0.344 e. The van der Waals surface area contributed by atoms with Gasteiger partial charge in [0, 0.05) is 22.0 Å². The van der Waals surface area contributed by atoms with Crippen LogP contribution < -0.4 is 10.6 Å². The average Bonchev–Trinajstić information content (AvgIpc) is 3.08. The standard InChI is InChI=1S/C20H24N2O2S/c1-12(2)18(17-8-5-9-25-17)22-19(23)14-6-4-7-15(11-14)21-20(24)16-10-13(16)3/h4-9,11-13,16,18H,10H2,1-3H3,(H,21,24)(H,22,23). The molecule has 0 radical (unpaired) electrons. The first-order valence-corrected chi connectivity index (χ1v) is 9.59. The van der Waals surface area contributed by atoms with Gasteiger partial charge in [0.2, 0.25) is 5.91 Å². The molecule has 4 nitrogen and oxygen atoms in total. The second-order valence-corrected chi connectivity index (χ2v) is 8.08. The van der Waals surface area contributed by atoms with Gasteiger partial charge in [-0.25, -0.2) is 0 Å². The van der Waals surface area contributed by atoms with Gasteiger partial charge in [0.25, 0.3) is 5.91 Å². The van der Waals surface area contributed by atoms with Gasteiger partial charge in [0.15, 0.2) is 0 Å². The lowest BCUT2D eigenvalue weighted by Crippen LogP contribution is -2.31. The first kappa shape index (κ1) is 17.7. The molecule has 2 amide bonds. The zero-order valence-electron chi connectivity index (χ0n) is 14.8. The van der Waals surface area contributed by atoms with Crippen molar-refractivity contribution in [1.29, 1.82) is 0 Å². The van der Waals surface area contributed by atoms with Gasteiger partial charge in [-0.15, -0.1) is 11.3 Å². The second kappa shape index (κ2) is 7.40. The second-order valence-electron chi connectivity index (χ2n) is 7.10. The van der Waals surface area contributed by atoms with Gasteiger partial charge >= 0.3 is 0 Å². The maximum atomic E-state index is 12.7. The van der Waals surface area contributed by atoms with Crippen LogP contribution in [0.25, 0.3) is 0 Å². The average molecular weight is 356 g/mol. The molecule has 3 atom stereocenters. The fraction of sp³-hybridized carbons (Fsp3) is 0.400. The van der Waals surface area contributed by atoms with Gasteiger partial charge < -0.3 is 10.6 Å². The minimum Gasteiger partial charge on any atom is -0.344 e. The smallest absolute Gasteiger partial charge is 0.251 e.